The molecule has 2 atom stereocenters. The lowest BCUT2D eigenvalue weighted by Gasteiger charge is -2.24. The second kappa shape index (κ2) is 6.75. The number of rotatable bonds is 7. The Kier molecular flexibility index (Phi) is 5.25. The second-order valence-electron chi connectivity index (χ2n) is 4.69. The molecule has 0 radical (unpaired) electrons. The standard InChI is InChI=1S/C12H18O6S2/c1-9(20(13,14)15)3-2-4-16-5-10-6-17-11-7-19-8-12(11)18-10/h7-10H,2-6H2,1H3,(H,13,14,15). The maximum Gasteiger partial charge on any atom is 0.267 e. The Labute approximate surface area is 122 Å². The zero-order valence-corrected chi connectivity index (χ0v) is 12.8. The van der Waals surface area contributed by atoms with Gasteiger partial charge >= 0.3 is 0 Å². The van der Waals surface area contributed by atoms with E-state index in [0.29, 0.717) is 32.7 Å². The van der Waals surface area contributed by atoms with Crippen LogP contribution in [0.2, 0.25) is 0 Å². The zero-order chi connectivity index (χ0) is 14.6. The first-order valence-electron chi connectivity index (χ1n) is 6.36. The Bertz CT molecular complexity index is 524. The highest BCUT2D eigenvalue weighted by molar-refractivity contribution is 7.86. The van der Waals surface area contributed by atoms with E-state index in [0.717, 1.165) is 11.5 Å². The van der Waals surface area contributed by atoms with Crippen LogP contribution in [0.1, 0.15) is 19.8 Å². The number of fused-ring (bicyclic) bond motifs is 1. The molecule has 1 aromatic heterocycles. The molecule has 0 saturated carbocycles. The summed E-state index contributed by atoms with van der Waals surface area (Å²) < 4.78 is 47.1. The summed E-state index contributed by atoms with van der Waals surface area (Å²) in [6.45, 7) is 2.75. The molecule has 1 aliphatic heterocycles. The van der Waals surface area contributed by atoms with Gasteiger partial charge in [0.2, 0.25) is 0 Å². The first-order chi connectivity index (χ1) is 9.47. The molecule has 0 aromatic carbocycles. The summed E-state index contributed by atoms with van der Waals surface area (Å²) in [5.74, 6) is 1.52. The van der Waals surface area contributed by atoms with Crippen LogP contribution in [0.5, 0.6) is 11.5 Å². The topological polar surface area (TPSA) is 82.1 Å². The van der Waals surface area contributed by atoms with Gasteiger partial charge in [0.1, 0.15) is 6.61 Å². The molecule has 0 bridgehead atoms. The summed E-state index contributed by atoms with van der Waals surface area (Å²) in [6, 6.07) is 0. The fraction of sp³-hybridized carbons (Fsp3) is 0.667. The van der Waals surface area contributed by atoms with Crippen LogP contribution < -0.4 is 9.47 Å². The largest absolute Gasteiger partial charge is 0.485 e. The number of ether oxygens (including phenoxy) is 3. The molecule has 114 valence electrons. The van der Waals surface area contributed by atoms with E-state index in [1.165, 1.54) is 18.3 Å². The molecule has 1 aliphatic rings. The molecule has 0 saturated heterocycles. The minimum Gasteiger partial charge on any atom is -0.485 e. The fourth-order valence-electron chi connectivity index (χ4n) is 1.78. The van der Waals surface area contributed by atoms with Gasteiger partial charge < -0.3 is 14.2 Å². The van der Waals surface area contributed by atoms with Gasteiger partial charge in [-0.05, 0) is 19.8 Å². The van der Waals surface area contributed by atoms with Crippen LogP contribution in [0.3, 0.4) is 0 Å². The summed E-state index contributed by atoms with van der Waals surface area (Å²) in [7, 11) is -3.94. The molecule has 2 unspecified atom stereocenters. The van der Waals surface area contributed by atoms with Gasteiger partial charge in [0, 0.05) is 17.4 Å². The van der Waals surface area contributed by atoms with Crippen molar-refractivity contribution in [2.24, 2.45) is 0 Å². The molecule has 0 fully saturated rings. The lowest BCUT2D eigenvalue weighted by Crippen LogP contribution is -2.33. The van der Waals surface area contributed by atoms with Crippen molar-refractivity contribution in [3.8, 4) is 11.5 Å². The Morgan fingerprint density at radius 1 is 1.50 bits per heavy atom. The summed E-state index contributed by atoms with van der Waals surface area (Å²) in [5.41, 5.74) is 0. The SMILES string of the molecule is CC(CCCOCC1COc2cscc2O1)S(=O)(=O)O. The maximum absolute atomic E-state index is 10.8. The molecular weight excluding hydrogens is 304 g/mol. The smallest absolute Gasteiger partial charge is 0.267 e. The van der Waals surface area contributed by atoms with E-state index in [2.05, 4.69) is 0 Å². The highest BCUT2D eigenvalue weighted by atomic mass is 32.2. The van der Waals surface area contributed by atoms with Crippen molar-refractivity contribution < 1.29 is 27.2 Å². The average Bonchev–Trinajstić information content (AvgIpc) is 2.84. The van der Waals surface area contributed by atoms with Crippen molar-refractivity contribution in [1.82, 2.24) is 0 Å². The van der Waals surface area contributed by atoms with Crippen LogP contribution in [-0.4, -0.2) is 44.1 Å². The number of hydrogen-bond acceptors (Lipinski definition) is 6. The van der Waals surface area contributed by atoms with E-state index < -0.39 is 15.4 Å². The fourth-order valence-corrected chi connectivity index (χ4v) is 2.92. The zero-order valence-electron chi connectivity index (χ0n) is 11.1. The Morgan fingerprint density at radius 3 is 3.00 bits per heavy atom. The molecule has 2 rings (SSSR count). The van der Waals surface area contributed by atoms with E-state index in [4.69, 9.17) is 18.8 Å². The van der Waals surface area contributed by atoms with Crippen molar-refractivity contribution in [3.05, 3.63) is 10.8 Å². The van der Waals surface area contributed by atoms with E-state index in [-0.39, 0.29) is 6.10 Å². The predicted octanol–water partition coefficient (Wildman–Crippen LogP) is 1.96. The number of thiophene rings is 1. The third kappa shape index (κ3) is 4.34. The van der Waals surface area contributed by atoms with Crippen LogP contribution in [-0.2, 0) is 14.9 Å². The minimum absolute atomic E-state index is 0.143. The summed E-state index contributed by atoms with van der Waals surface area (Å²) >= 11 is 1.52. The summed E-state index contributed by atoms with van der Waals surface area (Å²) in [6.07, 6.45) is 0.796. The van der Waals surface area contributed by atoms with Gasteiger partial charge in [-0.1, -0.05) is 0 Å². The van der Waals surface area contributed by atoms with Crippen LogP contribution in [0, 0.1) is 0 Å². The highest BCUT2D eigenvalue weighted by Gasteiger charge is 2.22. The quantitative estimate of drug-likeness (QED) is 0.610. The van der Waals surface area contributed by atoms with Gasteiger partial charge in [-0.25, -0.2) is 0 Å². The third-order valence-electron chi connectivity index (χ3n) is 3.02. The lowest BCUT2D eigenvalue weighted by molar-refractivity contribution is 0.00852. The first kappa shape index (κ1) is 15.6. The molecule has 8 heteroatoms. The highest BCUT2D eigenvalue weighted by Crippen LogP contribution is 2.35. The summed E-state index contributed by atoms with van der Waals surface area (Å²) in [4.78, 5) is 0. The average molecular weight is 322 g/mol. The molecular formula is C12H18O6S2. The molecule has 20 heavy (non-hydrogen) atoms. The normalized spacial score (nSPS) is 19.8. The van der Waals surface area contributed by atoms with Gasteiger partial charge in [0.15, 0.2) is 17.6 Å². The molecule has 0 amide bonds. The van der Waals surface area contributed by atoms with Crippen LogP contribution in [0.4, 0.5) is 0 Å². The predicted molar refractivity (Wildman–Crippen MR) is 75.3 cm³/mol. The molecule has 6 nitrogen and oxygen atoms in total. The van der Waals surface area contributed by atoms with Crippen molar-refractivity contribution in [3.63, 3.8) is 0 Å². The van der Waals surface area contributed by atoms with Gasteiger partial charge in [0.25, 0.3) is 10.1 Å². The molecule has 0 aliphatic carbocycles. The Morgan fingerprint density at radius 2 is 2.25 bits per heavy atom. The first-order valence-corrected chi connectivity index (χ1v) is 8.81. The van der Waals surface area contributed by atoms with Crippen molar-refractivity contribution in [1.29, 1.82) is 0 Å². The van der Waals surface area contributed by atoms with Crippen molar-refractivity contribution in [2.75, 3.05) is 19.8 Å². The van der Waals surface area contributed by atoms with Crippen molar-refractivity contribution >= 4 is 21.5 Å². The van der Waals surface area contributed by atoms with E-state index in [9.17, 15) is 8.42 Å². The Hall–Kier alpha value is -0.830. The van der Waals surface area contributed by atoms with Gasteiger partial charge in [-0.2, -0.15) is 8.42 Å². The van der Waals surface area contributed by atoms with Crippen molar-refractivity contribution in [2.45, 2.75) is 31.1 Å². The van der Waals surface area contributed by atoms with Crippen LogP contribution >= 0.6 is 11.3 Å². The monoisotopic (exact) mass is 322 g/mol. The lowest BCUT2D eigenvalue weighted by atomic mass is 10.2. The van der Waals surface area contributed by atoms with E-state index in [1.54, 1.807) is 0 Å². The van der Waals surface area contributed by atoms with Gasteiger partial charge in [-0.15, -0.1) is 11.3 Å². The third-order valence-corrected chi connectivity index (χ3v) is 4.98. The van der Waals surface area contributed by atoms with Crippen LogP contribution in [0.15, 0.2) is 10.8 Å². The maximum atomic E-state index is 10.8. The molecule has 1 aromatic rings. The van der Waals surface area contributed by atoms with E-state index in [1.807, 2.05) is 10.8 Å². The molecule has 0 spiro atoms. The van der Waals surface area contributed by atoms with Gasteiger partial charge in [-0.3, -0.25) is 4.55 Å². The molecule has 1 N–H and O–H groups in total. The van der Waals surface area contributed by atoms with Crippen LogP contribution in [0.25, 0.3) is 0 Å². The number of hydrogen-bond donors (Lipinski definition) is 1. The minimum atomic E-state index is -3.94. The van der Waals surface area contributed by atoms with E-state index >= 15 is 0 Å². The molecule has 2 heterocycles. The van der Waals surface area contributed by atoms with Gasteiger partial charge in [0.05, 0.1) is 11.9 Å². The Balaban J connectivity index is 1.61. The summed E-state index contributed by atoms with van der Waals surface area (Å²) in [5, 5.41) is 3.02. The second-order valence-corrected chi connectivity index (χ2v) is 7.27.